The predicted octanol–water partition coefficient (Wildman–Crippen LogP) is 5.14. The van der Waals surface area contributed by atoms with Crippen LogP contribution in [0.5, 0.6) is 0 Å². The third kappa shape index (κ3) is 4.21. The molecule has 0 aliphatic carbocycles. The second kappa shape index (κ2) is 7.76. The summed E-state index contributed by atoms with van der Waals surface area (Å²) in [4.78, 5) is 12.4. The fraction of sp³-hybridized carbons (Fsp3) is 0. The third-order valence-corrected chi connectivity index (χ3v) is 3.77. The Labute approximate surface area is 146 Å². The summed E-state index contributed by atoms with van der Waals surface area (Å²) in [5.41, 5.74) is 4.42. The number of nitrogens with one attached hydrogen (secondary N) is 1. The van der Waals surface area contributed by atoms with Gasteiger partial charge in [-0.25, -0.2) is 0 Å². The van der Waals surface area contributed by atoms with Crippen LogP contribution in [0.25, 0.3) is 17.2 Å². The third-order valence-electron chi connectivity index (χ3n) is 3.77. The molecule has 3 heteroatoms. The van der Waals surface area contributed by atoms with Crippen LogP contribution in [0.4, 0.5) is 5.69 Å². The molecule has 25 heavy (non-hydrogen) atoms. The van der Waals surface area contributed by atoms with E-state index in [9.17, 15) is 4.79 Å². The normalized spacial score (nSPS) is 10.4. The molecule has 0 unspecified atom stereocenters. The summed E-state index contributed by atoms with van der Waals surface area (Å²) in [6.45, 7) is 0. The van der Waals surface area contributed by atoms with Crippen LogP contribution in [-0.4, -0.2) is 5.91 Å². The van der Waals surface area contributed by atoms with E-state index in [1.165, 1.54) is 6.08 Å². The molecule has 3 aromatic carbocycles. The lowest BCUT2D eigenvalue weighted by molar-refractivity contribution is 0.102. The number of hydrogen-bond donors (Lipinski definition) is 1. The highest BCUT2D eigenvalue weighted by molar-refractivity contribution is 6.04. The zero-order valence-electron chi connectivity index (χ0n) is 13.5. The van der Waals surface area contributed by atoms with Crippen LogP contribution in [0.2, 0.25) is 0 Å². The van der Waals surface area contributed by atoms with Gasteiger partial charge in [-0.05, 0) is 47.0 Å². The minimum atomic E-state index is -0.153. The van der Waals surface area contributed by atoms with E-state index in [2.05, 4.69) is 5.32 Å². The van der Waals surface area contributed by atoms with E-state index in [0.717, 1.165) is 16.7 Å². The number of amides is 1. The second-order valence-corrected chi connectivity index (χ2v) is 5.48. The van der Waals surface area contributed by atoms with E-state index in [0.29, 0.717) is 11.3 Å². The molecule has 0 spiro atoms. The minimum absolute atomic E-state index is 0.153. The number of anilines is 1. The first-order chi connectivity index (χ1) is 12.3. The van der Waals surface area contributed by atoms with Crippen LogP contribution >= 0.6 is 0 Å². The molecule has 1 N–H and O–H groups in total. The average Bonchev–Trinajstić information content (AvgIpc) is 2.68. The highest BCUT2D eigenvalue weighted by atomic mass is 16.1. The molecule has 0 aliphatic rings. The second-order valence-electron chi connectivity index (χ2n) is 5.48. The van der Waals surface area contributed by atoms with Gasteiger partial charge in [0, 0.05) is 17.3 Å². The number of benzene rings is 3. The smallest absolute Gasteiger partial charge is 0.255 e. The average molecular weight is 324 g/mol. The number of allylic oxidation sites excluding steroid dienone is 1. The van der Waals surface area contributed by atoms with E-state index < -0.39 is 0 Å². The summed E-state index contributed by atoms with van der Waals surface area (Å²) in [5.74, 6) is -0.153. The molecule has 0 bridgehead atoms. The molecule has 3 aromatic rings. The van der Waals surface area contributed by atoms with Gasteiger partial charge in [0.25, 0.3) is 5.91 Å². The Morgan fingerprint density at radius 3 is 2.12 bits per heavy atom. The fourth-order valence-corrected chi connectivity index (χ4v) is 2.46. The Morgan fingerprint density at radius 2 is 1.48 bits per heavy atom. The van der Waals surface area contributed by atoms with Crippen molar-refractivity contribution >= 4 is 17.7 Å². The first-order valence-corrected chi connectivity index (χ1v) is 7.89. The van der Waals surface area contributed by atoms with E-state index in [4.69, 9.17) is 5.26 Å². The first kappa shape index (κ1) is 16.2. The molecular formula is C22H16N2O. The van der Waals surface area contributed by atoms with Gasteiger partial charge in [0.05, 0.1) is 6.07 Å². The quantitative estimate of drug-likeness (QED) is 0.675. The lowest BCUT2D eigenvalue weighted by Gasteiger charge is -2.07. The number of hydrogen-bond acceptors (Lipinski definition) is 2. The van der Waals surface area contributed by atoms with Crippen LogP contribution in [0.15, 0.2) is 84.9 Å². The molecule has 120 valence electrons. The van der Waals surface area contributed by atoms with Crippen LogP contribution in [0, 0.1) is 11.3 Å². The summed E-state index contributed by atoms with van der Waals surface area (Å²) in [6, 6.07) is 26.8. The van der Waals surface area contributed by atoms with Gasteiger partial charge in [0.15, 0.2) is 0 Å². The topological polar surface area (TPSA) is 52.9 Å². The van der Waals surface area contributed by atoms with Crippen molar-refractivity contribution in [3.8, 4) is 17.2 Å². The molecular weight excluding hydrogens is 308 g/mol. The maximum absolute atomic E-state index is 12.4. The number of nitrogens with zero attached hydrogens (tertiary/aromatic N) is 1. The van der Waals surface area contributed by atoms with Gasteiger partial charge in [0.2, 0.25) is 0 Å². The van der Waals surface area contributed by atoms with Gasteiger partial charge < -0.3 is 5.32 Å². The lowest BCUT2D eigenvalue weighted by Crippen LogP contribution is -2.11. The van der Waals surface area contributed by atoms with Crippen molar-refractivity contribution in [1.29, 1.82) is 5.26 Å². The summed E-state index contributed by atoms with van der Waals surface area (Å²) in [5, 5.41) is 11.4. The first-order valence-electron chi connectivity index (χ1n) is 7.89. The molecule has 0 atom stereocenters. The monoisotopic (exact) mass is 324 g/mol. The minimum Gasteiger partial charge on any atom is -0.322 e. The van der Waals surface area contributed by atoms with Gasteiger partial charge in [0.1, 0.15) is 0 Å². The molecule has 3 rings (SSSR count). The van der Waals surface area contributed by atoms with Crippen LogP contribution in [-0.2, 0) is 0 Å². The maximum atomic E-state index is 12.4. The fourth-order valence-electron chi connectivity index (χ4n) is 2.46. The number of carbonyl (C=O) groups is 1. The zero-order valence-corrected chi connectivity index (χ0v) is 13.5. The van der Waals surface area contributed by atoms with E-state index in [1.54, 1.807) is 6.08 Å². The van der Waals surface area contributed by atoms with Crippen molar-refractivity contribution in [2.24, 2.45) is 0 Å². The van der Waals surface area contributed by atoms with Gasteiger partial charge >= 0.3 is 0 Å². The maximum Gasteiger partial charge on any atom is 0.255 e. The van der Waals surface area contributed by atoms with Gasteiger partial charge in [-0.2, -0.15) is 5.26 Å². The van der Waals surface area contributed by atoms with E-state index in [-0.39, 0.29) is 5.91 Å². The summed E-state index contributed by atoms with van der Waals surface area (Å²) in [7, 11) is 0. The van der Waals surface area contributed by atoms with Crippen molar-refractivity contribution in [1.82, 2.24) is 0 Å². The number of carbonyl (C=O) groups excluding carboxylic acids is 1. The molecule has 0 aliphatic heterocycles. The van der Waals surface area contributed by atoms with E-state index >= 15 is 0 Å². The van der Waals surface area contributed by atoms with Crippen LogP contribution < -0.4 is 5.32 Å². The molecule has 0 heterocycles. The highest BCUT2D eigenvalue weighted by Crippen LogP contribution is 2.20. The Bertz CT molecular complexity index is 919. The van der Waals surface area contributed by atoms with Gasteiger partial charge in [-0.3, -0.25) is 4.79 Å². The number of nitriles is 1. The molecule has 0 aromatic heterocycles. The lowest BCUT2D eigenvalue weighted by atomic mass is 10.0. The Morgan fingerprint density at radius 1 is 0.840 bits per heavy atom. The molecule has 1 amide bonds. The molecule has 0 saturated carbocycles. The predicted molar refractivity (Wildman–Crippen MR) is 101 cm³/mol. The van der Waals surface area contributed by atoms with Crippen molar-refractivity contribution in [3.05, 3.63) is 96.1 Å². The van der Waals surface area contributed by atoms with Crippen molar-refractivity contribution in [2.45, 2.75) is 0 Å². The Hall–Kier alpha value is -3.64. The zero-order chi connectivity index (χ0) is 17.5. The van der Waals surface area contributed by atoms with Crippen molar-refractivity contribution in [3.63, 3.8) is 0 Å². The largest absolute Gasteiger partial charge is 0.322 e. The van der Waals surface area contributed by atoms with Crippen molar-refractivity contribution in [2.75, 3.05) is 5.32 Å². The summed E-state index contributed by atoms with van der Waals surface area (Å²) >= 11 is 0. The highest BCUT2D eigenvalue weighted by Gasteiger charge is 2.06. The van der Waals surface area contributed by atoms with Gasteiger partial charge in [-0.15, -0.1) is 0 Å². The summed E-state index contributed by atoms with van der Waals surface area (Å²) in [6.07, 6.45) is 3.13. The standard InChI is InChI=1S/C22H16N2O/c23-16-4-5-17-8-14-21(15-9-17)24-22(25)20-12-10-19(11-13-20)18-6-2-1-3-7-18/h1-15H,(H,24,25). The van der Waals surface area contributed by atoms with Gasteiger partial charge in [-0.1, -0.05) is 54.6 Å². The molecule has 0 fully saturated rings. The van der Waals surface area contributed by atoms with Crippen molar-refractivity contribution < 1.29 is 4.79 Å². The number of rotatable bonds is 4. The van der Waals surface area contributed by atoms with Crippen LogP contribution in [0.1, 0.15) is 15.9 Å². The Balaban J connectivity index is 1.69. The van der Waals surface area contributed by atoms with E-state index in [1.807, 2.05) is 84.9 Å². The van der Waals surface area contributed by atoms with Crippen LogP contribution in [0.3, 0.4) is 0 Å². The summed E-state index contributed by atoms with van der Waals surface area (Å²) < 4.78 is 0. The molecule has 0 saturated heterocycles. The molecule has 3 nitrogen and oxygen atoms in total. The molecule has 0 radical (unpaired) electrons. The Kier molecular flexibility index (Phi) is 5.04. The SMILES string of the molecule is N#CC=Cc1ccc(NC(=O)c2ccc(-c3ccccc3)cc2)cc1.